The van der Waals surface area contributed by atoms with Crippen molar-refractivity contribution in [1.29, 1.82) is 0 Å². The van der Waals surface area contributed by atoms with Crippen LogP contribution in [-0.2, 0) is 0 Å². The van der Waals surface area contributed by atoms with E-state index in [0.717, 1.165) is 12.8 Å². The zero-order valence-electron chi connectivity index (χ0n) is 9.79. The lowest BCUT2D eigenvalue weighted by Gasteiger charge is -2.45. The van der Waals surface area contributed by atoms with Gasteiger partial charge in [0, 0.05) is 5.92 Å². The minimum atomic E-state index is -0.492. The Morgan fingerprint density at radius 1 is 1.36 bits per heavy atom. The second kappa shape index (κ2) is 4.48. The molecule has 0 spiro atoms. The summed E-state index contributed by atoms with van der Waals surface area (Å²) < 4.78 is 0. The molecule has 1 rings (SSSR count). The summed E-state index contributed by atoms with van der Waals surface area (Å²) in [5, 5.41) is 10.7. The van der Waals surface area contributed by atoms with E-state index in [0.29, 0.717) is 11.8 Å². The average Bonchev–Trinajstić information content (AvgIpc) is 2.16. The zero-order chi connectivity index (χ0) is 10.8. The quantitative estimate of drug-likeness (QED) is 0.686. The maximum Gasteiger partial charge on any atom is 0.0737 e. The number of rotatable bonds is 3. The molecule has 1 fully saturated rings. The monoisotopic (exact) mass is 196 g/mol. The molecule has 0 aromatic rings. The van der Waals surface area contributed by atoms with Crippen LogP contribution in [-0.4, -0.2) is 10.7 Å². The van der Waals surface area contributed by atoms with E-state index >= 15 is 0 Å². The molecule has 82 valence electrons. The van der Waals surface area contributed by atoms with Crippen LogP contribution in [0.5, 0.6) is 0 Å². The minimum absolute atomic E-state index is 0.218. The second-order valence-corrected chi connectivity index (χ2v) is 5.11. The van der Waals surface area contributed by atoms with Gasteiger partial charge >= 0.3 is 0 Å². The van der Waals surface area contributed by atoms with E-state index in [-0.39, 0.29) is 5.92 Å². The Balaban J connectivity index is 2.84. The number of hydrogen-bond donors (Lipinski definition) is 1. The normalized spacial score (nSPS) is 35.6. The molecular formula is C13H24O. The third kappa shape index (κ3) is 2.03. The van der Waals surface area contributed by atoms with Crippen LogP contribution < -0.4 is 0 Å². The fraction of sp³-hybridized carbons (Fsp3) is 0.846. The lowest BCUT2D eigenvalue weighted by atomic mass is 9.65. The molecule has 1 aliphatic carbocycles. The summed E-state index contributed by atoms with van der Waals surface area (Å²) in [6.07, 6.45) is 6.46. The Hall–Kier alpha value is -0.300. The molecular weight excluding hydrogens is 172 g/mol. The summed E-state index contributed by atoms with van der Waals surface area (Å²) >= 11 is 0. The molecule has 0 aliphatic heterocycles. The maximum absolute atomic E-state index is 10.7. The smallest absolute Gasteiger partial charge is 0.0737 e. The van der Waals surface area contributed by atoms with Crippen LogP contribution in [0.1, 0.15) is 46.5 Å². The predicted molar refractivity (Wildman–Crippen MR) is 61.1 cm³/mol. The van der Waals surface area contributed by atoms with Crippen LogP contribution in [0.3, 0.4) is 0 Å². The summed E-state index contributed by atoms with van der Waals surface area (Å²) in [5.41, 5.74) is -0.492. The Kier molecular flexibility index (Phi) is 3.77. The van der Waals surface area contributed by atoms with E-state index < -0.39 is 5.60 Å². The number of hydrogen-bond acceptors (Lipinski definition) is 1. The summed E-state index contributed by atoms with van der Waals surface area (Å²) in [4.78, 5) is 0. The second-order valence-electron chi connectivity index (χ2n) is 5.11. The fourth-order valence-electron chi connectivity index (χ4n) is 2.89. The van der Waals surface area contributed by atoms with E-state index in [1.54, 1.807) is 0 Å². The number of aliphatic hydroxyl groups is 1. The molecule has 0 aromatic carbocycles. The minimum Gasteiger partial charge on any atom is -0.389 e. The highest BCUT2D eigenvalue weighted by molar-refractivity contribution is 5.00. The van der Waals surface area contributed by atoms with Crippen molar-refractivity contribution in [3.63, 3.8) is 0 Å². The SMILES string of the molecule is C=CC(C)C1(O)CCCCC1C(C)C. The van der Waals surface area contributed by atoms with Crippen molar-refractivity contribution in [2.24, 2.45) is 17.8 Å². The van der Waals surface area contributed by atoms with Crippen LogP contribution in [0.25, 0.3) is 0 Å². The Bertz CT molecular complexity index is 197. The molecule has 1 heteroatoms. The zero-order valence-corrected chi connectivity index (χ0v) is 9.79. The van der Waals surface area contributed by atoms with E-state index in [2.05, 4.69) is 27.4 Å². The molecule has 0 aromatic heterocycles. The molecule has 0 radical (unpaired) electrons. The Morgan fingerprint density at radius 2 is 2.00 bits per heavy atom. The van der Waals surface area contributed by atoms with Gasteiger partial charge in [-0.15, -0.1) is 6.58 Å². The van der Waals surface area contributed by atoms with Crippen molar-refractivity contribution >= 4 is 0 Å². The summed E-state index contributed by atoms with van der Waals surface area (Å²) in [5.74, 6) is 1.24. The van der Waals surface area contributed by atoms with Gasteiger partial charge in [0.25, 0.3) is 0 Å². The predicted octanol–water partition coefficient (Wildman–Crippen LogP) is 3.39. The molecule has 1 saturated carbocycles. The highest BCUT2D eigenvalue weighted by Gasteiger charge is 2.43. The molecule has 3 atom stereocenters. The Morgan fingerprint density at radius 3 is 2.50 bits per heavy atom. The van der Waals surface area contributed by atoms with Crippen LogP contribution >= 0.6 is 0 Å². The van der Waals surface area contributed by atoms with Crippen molar-refractivity contribution in [3.05, 3.63) is 12.7 Å². The van der Waals surface area contributed by atoms with Gasteiger partial charge in [0.2, 0.25) is 0 Å². The fourth-order valence-corrected chi connectivity index (χ4v) is 2.89. The van der Waals surface area contributed by atoms with Crippen LogP contribution in [0.2, 0.25) is 0 Å². The standard InChI is InChI=1S/C13H24O/c1-5-11(4)13(14)9-7-6-8-12(13)10(2)3/h5,10-12,14H,1,6-9H2,2-4H3. The van der Waals surface area contributed by atoms with Crippen LogP contribution in [0, 0.1) is 17.8 Å². The van der Waals surface area contributed by atoms with Gasteiger partial charge in [-0.2, -0.15) is 0 Å². The van der Waals surface area contributed by atoms with Crippen molar-refractivity contribution in [2.45, 2.75) is 52.1 Å². The molecule has 0 bridgehead atoms. The van der Waals surface area contributed by atoms with E-state index in [1.807, 2.05) is 6.08 Å². The largest absolute Gasteiger partial charge is 0.389 e. The van der Waals surface area contributed by atoms with Crippen molar-refractivity contribution in [1.82, 2.24) is 0 Å². The van der Waals surface area contributed by atoms with Gasteiger partial charge in [-0.25, -0.2) is 0 Å². The van der Waals surface area contributed by atoms with E-state index in [4.69, 9.17) is 0 Å². The van der Waals surface area contributed by atoms with Gasteiger partial charge in [-0.05, 0) is 24.7 Å². The third-order valence-electron chi connectivity index (χ3n) is 3.93. The Labute approximate surface area is 88.2 Å². The van der Waals surface area contributed by atoms with Gasteiger partial charge in [0.15, 0.2) is 0 Å². The first-order chi connectivity index (χ1) is 6.52. The summed E-state index contributed by atoms with van der Waals surface area (Å²) in [7, 11) is 0. The van der Waals surface area contributed by atoms with Crippen molar-refractivity contribution < 1.29 is 5.11 Å². The molecule has 1 nitrogen and oxygen atoms in total. The lowest BCUT2D eigenvalue weighted by Crippen LogP contribution is -2.47. The molecule has 0 saturated heterocycles. The summed E-state index contributed by atoms with van der Waals surface area (Å²) in [6, 6.07) is 0. The molecule has 0 heterocycles. The van der Waals surface area contributed by atoms with Gasteiger partial charge in [-0.1, -0.05) is 39.7 Å². The summed E-state index contributed by atoms with van der Waals surface area (Å²) in [6.45, 7) is 10.3. The average molecular weight is 196 g/mol. The van der Waals surface area contributed by atoms with Gasteiger partial charge in [-0.3, -0.25) is 0 Å². The highest BCUT2D eigenvalue weighted by Crippen LogP contribution is 2.43. The first kappa shape index (κ1) is 11.8. The van der Waals surface area contributed by atoms with E-state index in [1.165, 1.54) is 12.8 Å². The van der Waals surface area contributed by atoms with Crippen LogP contribution in [0.15, 0.2) is 12.7 Å². The highest BCUT2D eigenvalue weighted by atomic mass is 16.3. The van der Waals surface area contributed by atoms with Gasteiger partial charge in [0.05, 0.1) is 5.60 Å². The molecule has 14 heavy (non-hydrogen) atoms. The topological polar surface area (TPSA) is 20.2 Å². The molecule has 3 unspecified atom stereocenters. The van der Waals surface area contributed by atoms with Crippen molar-refractivity contribution in [3.8, 4) is 0 Å². The molecule has 1 aliphatic rings. The van der Waals surface area contributed by atoms with E-state index in [9.17, 15) is 5.11 Å². The third-order valence-corrected chi connectivity index (χ3v) is 3.93. The molecule has 0 amide bonds. The lowest BCUT2D eigenvalue weighted by molar-refractivity contribution is -0.0919. The van der Waals surface area contributed by atoms with Crippen LogP contribution in [0.4, 0.5) is 0 Å². The maximum atomic E-state index is 10.7. The van der Waals surface area contributed by atoms with Gasteiger partial charge in [0.1, 0.15) is 0 Å². The first-order valence-electron chi connectivity index (χ1n) is 5.87. The van der Waals surface area contributed by atoms with Crippen molar-refractivity contribution in [2.75, 3.05) is 0 Å². The first-order valence-corrected chi connectivity index (χ1v) is 5.87. The van der Waals surface area contributed by atoms with Gasteiger partial charge < -0.3 is 5.11 Å². The molecule has 1 N–H and O–H groups in total.